The summed E-state index contributed by atoms with van der Waals surface area (Å²) in [7, 11) is -8.36. The molecule has 8 unspecified atom stereocenters. The van der Waals surface area contributed by atoms with E-state index in [1.807, 2.05) is 65.6 Å². The van der Waals surface area contributed by atoms with Gasteiger partial charge >= 0.3 is 0 Å². The van der Waals surface area contributed by atoms with E-state index in [1.54, 1.807) is 18.2 Å². The number of aliphatic hydroxyl groups is 16. The molecule has 5 rings (SSSR count). The number of amides is 1. The third-order valence-electron chi connectivity index (χ3n) is 19.3. The van der Waals surface area contributed by atoms with Crippen molar-refractivity contribution in [2.45, 2.75) is 149 Å². The first kappa shape index (κ1) is 112. The van der Waals surface area contributed by atoms with Gasteiger partial charge in [0.15, 0.2) is 5.71 Å². The third kappa shape index (κ3) is 45.4. The van der Waals surface area contributed by atoms with E-state index >= 15 is 0 Å². The van der Waals surface area contributed by atoms with Crippen molar-refractivity contribution in [1.29, 1.82) is 0 Å². The molecule has 726 valence electrons. The molecular formula is C82H135N6O37S2+. The minimum absolute atomic E-state index is 0.155. The number of allylic oxidation sites excluding steroid dienone is 8. The van der Waals surface area contributed by atoms with Crippen LogP contribution >= 0.6 is 0 Å². The van der Waals surface area contributed by atoms with E-state index in [9.17, 15) is 112 Å². The molecule has 2 aliphatic heterocycles. The summed E-state index contributed by atoms with van der Waals surface area (Å²) < 4.78 is 153. The molecule has 0 saturated carbocycles. The number of carbonyl (C=O) groups is 1. The number of rotatable bonds is 76. The largest absolute Gasteiger partial charge is 0.394 e. The van der Waals surface area contributed by atoms with Crippen molar-refractivity contribution in [1.82, 2.24) is 20.3 Å². The second-order valence-electron chi connectivity index (χ2n) is 30.9. The summed E-state index contributed by atoms with van der Waals surface area (Å²) in [5.41, 5.74) is 5.53. The van der Waals surface area contributed by atoms with Gasteiger partial charge in [0.2, 0.25) is 5.69 Å². The van der Waals surface area contributed by atoms with E-state index < -0.39 is 189 Å². The van der Waals surface area contributed by atoms with Gasteiger partial charge in [-0.05, 0) is 62.9 Å². The van der Waals surface area contributed by atoms with Gasteiger partial charge in [-0.2, -0.15) is 21.4 Å². The fourth-order valence-corrected chi connectivity index (χ4v) is 13.6. The molecule has 45 heteroatoms. The van der Waals surface area contributed by atoms with Crippen LogP contribution in [-0.2, 0) is 105 Å². The number of hydrogen-bond donors (Lipinski definition) is 19. The first-order chi connectivity index (χ1) is 60.8. The number of nitrogens with one attached hydrogen (secondary N) is 1. The van der Waals surface area contributed by atoms with Crippen LogP contribution in [0.4, 0.5) is 11.4 Å². The van der Waals surface area contributed by atoms with Gasteiger partial charge in [-0.15, -0.1) is 5.10 Å². The van der Waals surface area contributed by atoms with Crippen molar-refractivity contribution in [2.24, 2.45) is 0 Å². The quantitative estimate of drug-likeness (QED) is 0.0109. The molecule has 0 radical (unpaired) electrons. The van der Waals surface area contributed by atoms with Crippen LogP contribution in [0.1, 0.15) is 72.8 Å². The smallest absolute Gasteiger partial charge is 0.264 e. The molecule has 2 aliphatic rings. The molecule has 1 amide bonds. The molecule has 1 aromatic heterocycles. The Labute approximate surface area is 740 Å². The lowest BCUT2D eigenvalue weighted by Gasteiger charge is -2.29. The van der Waals surface area contributed by atoms with Crippen molar-refractivity contribution in [2.75, 3.05) is 228 Å². The number of nitrogens with zero attached hydrogens (tertiary/aromatic N) is 5. The van der Waals surface area contributed by atoms with Gasteiger partial charge in [-0.1, -0.05) is 53.8 Å². The first-order valence-electron chi connectivity index (χ1n) is 41.9. The van der Waals surface area contributed by atoms with Crippen molar-refractivity contribution in [3.8, 4) is 0 Å². The number of aliphatic hydroxyl groups excluding tert-OH is 16. The number of benzene rings is 2. The second-order valence-corrected chi connectivity index (χ2v) is 34.0. The van der Waals surface area contributed by atoms with Gasteiger partial charge in [0.1, 0.15) is 104 Å². The second kappa shape index (κ2) is 62.5. The zero-order valence-corrected chi connectivity index (χ0v) is 73.6. The monoisotopic (exact) mass is 1860 g/mol. The summed E-state index contributed by atoms with van der Waals surface area (Å²) in [6, 6.07) is 12.1. The maximum atomic E-state index is 14.4. The molecule has 0 bridgehead atoms. The Bertz CT molecular complexity index is 3670. The molecule has 19 N–H and O–H groups in total. The van der Waals surface area contributed by atoms with E-state index in [-0.39, 0.29) is 174 Å². The van der Waals surface area contributed by atoms with Gasteiger partial charge in [0.25, 0.3) is 26.1 Å². The number of unbranched alkanes of at least 4 members (excludes halogenated alkanes) is 2. The number of fused-ring (bicyclic) bond motifs is 2. The Balaban J connectivity index is 1.53. The van der Waals surface area contributed by atoms with Crippen LogP contribution in [0.15, 0.2) is 96.9 Å². The molecule has 0 fully saturated rings. The van der Waals surface area contributed by atoms with Crippen LogP contribution in [0.5, 0.6) is 0 Å². The van der Waals surface area contributed by atoms with E-state index in [2.05, 4.69) is 40.1 Å². The summed E-state index contributed by atoms with van der Waals surface area (Å²) in [4.78, 5) is 16.4. The molecule has 0 aliphatic carbocycles. The number of aromatic nitrogens is 3. The SMILES string of the molecule is CC1(C)C(/C=C/C=C/C=C/C=C2\Cc3cc(C(=O)NCc4cn(C(COC(COC(COCC(O)CO)COCC(O)CO)COC(COCC(O)CO)COCC(O)CO)COC(COC(COCC(O)CO)COCC(O)CO)COC(COCC(O)CO)COCC(O)CO)nn4)ccc3N2CCCCS(=O)(=O)O)=[N+](CCCCS(=O)(=O)O)c2ccccc21. The molecule has 2 aromatic carbocycles. The molecule has 0 spiro atoms. The Morgan fingerprint density at radius 3 is 1.24 bits per heavy atom. The van der Waals surface area contributed by atoms with Crippen molar-refractivity contribution < 1.29 is 183 Å². The highest BCUT2D eigenvalue weighted by molar-refractivity contribution is 7.86. The molecule has 8 atom stereocenters. The topological polar surface area (TPSA) is 628 Å². The summed E-state index contributed by atoms with van der Waals surface area (Å²) in [6.45, 7) is -7.46. The fourth-order valence-electron chi connectivity index (χ4n) is 12.5. The van der Waals surface area contributed by atoms with Crippen LogP contribution in [0.3, 0.4) is 0 Å². The summed E-state index contributed by atoms with van der Waals surface area (Å²) in [5.74, 6) is -1.31. The van der Waals surface area contributed by atoms with E-state index in [0.29, 0.717) is 32.4 Å². The van der Waals surface area contributed by atoms with Crippen LogP contribution in [0.2, 0.25) is 0 Å². The molecule has 3 aromatic rings. The number of hydrogen-bond acceptors (Lipinski definition) is 38. The molecule has 3 heterocycles. The van der Waals surface area contributed by atoms with Gasteiger partial charge < -0.3 is 158 Å². The van der Waals surface area contributed by atoms with Crippen molar-refractivity contribution in [3.05, 3.63) is 119 Å². The van der Waals surface area contributed by atoms with Crippen LogP contribution < -0.4 is 10.2 Å². The standard InChI is InChI=1S/C82H134N6O37S2/c1-82(2)77-15-8-9-16-79(77)87(21-11-13-23-127(109,110)111)80(82)17-7-5-3-4-6-14-61-25-59-24-58(18-19-78(59)86(61)20-10-12-22-126(106,107)108)81(105)83-26-60-27-88(85-84-60)62(36-120-75(54-122-71(46-112-38-63(97)28-89)47-113-39-64(98)29-90)55-123-72(48-114-40-65(99)30-91)49-115-41-66(100)31-92)37-121-76(56-124-73(50-116-42-67(101)32-93)51-117-43-68(102)33-94)57-125-74(52-118-44-69(103)34-95)53-119-45-70(104)35-96/h3-9,14-19,24,27,62-76,89-104H,10-13,20-23,25-26,28-57H2,1-2H3,(H2-,83,105,106,107,108,109,110,111)/p+1. The van der Waals surface area contributed by atoms with Crippen LogP contribution in [-0.4, -0.2) is 447 Å². The van der Waals surface area contributed by atoms with Crippen LogP contribution in [0, 0.1) is 0 Å². The highest BCUT2D eigenvalue weighted by atomic mass is 32.2. The highest BCUT2D eigenvalue weighted by Gasteiger charge is 2.44. The zero-order valence-electron chi connectivity index (χ0n) is 72.0. The maximum Gasteiger partial charge on any atom is 0.264 e. The average Bonchev–Trinajstić information content (AvgIpc) is 1.60. The number of para-hydroxylation sites is 1. The van der Waals surface area contributed by atoms with Gasteiger partial charge in [-0.3, -0.25) is 13.9 Å². The van der Waals surface area contributed by atoms with E-state index in [0.717, 1.165) is 33.9 Å². The van der Waals surface area contributed by atoms with Gasteiger partial charge in [0.05, 0.1) is 228 Å². The van der Waals surface area contributed by atoms with Crippen molar-refractivity contribution >= 4 is 43.2 Å². The van der Waals surface area contributed by atoms with E-state index in [4.69, 9.17) is 66.3 Å². The minimum atomic E-state index is -4.25. The fraction of sp³-hybridized carbons (Fsp3) is 0.707. The lowest BCUT2D eigenvalue weighted by Crippen LogP contribution is -2.39. The average molecular weight is 1860 g/mol. The Morgan fingerprint density at radius 1 is 0.472 bits per heavy atom. The third-order valence-corrected chi connectivity index (χ3v) is 20.9. The summed E-state index contributed by atoms with van der Waals surface area (Å²) in [6.07, 6.45) is -0.221. The van der Waals surface area contributed by atoms with Crippen LogP contribution in [0.25, 0.3) is 0 Å². The summed E-state index contributed by atoms with van der Waals surface area (Å²) >= 11 is 0. The Morgan fingerprint density at radius 2 is 0.843 bits per heavy atom. The lowest BCUT2D eigenvalue weighted by atomic mass is 9.81. The Hall–Kier alpha value is -5.90. The van der Waals surface area contributed by atoms with Gasteiger partial charge in [0, 0.05) is 54.0 Å². The molecule has 127 heavy (non-hydrogen) atoms. The molecule has 43 nitrogen and oxygen atoms in total. The first-order valence-corrected chi connectivity index (χ1v) is 45.2. The summed E-state index contributed by atoms with van der Waals surface area (Å²) in [5, 5.41) is 169. The zero-order chi connectivity index (χ0) is 93.0. The van der Waals surface area contributed by atoms with Crippen molar-refractivity contribution in [3.63, 3.8) is 0 Å². The number of carbonyl (C=O) groups excluding carboxylic acids is 1. The number of ether oxygens (including phenoxy) is 14. The highest BCUT2D eigenvalue weighted by Crippen LogP contribution is 2.40. The lowest BCUT2D eigenvalue weighted by molar-refractivity contribution is -0.438. The predicted molar refractivity (Wildman–Crippen MR) is 454 cm³/mol. The van der Waals surface area contributed by atoms with E-state index in [1.165, 1.54) is 10.9 Å². The minimum Gasteiger partial charge on any atom is -0.394 e. The van der Waals surface area contributed by atoms with Gasteiger partial charge in [-0.25, -0.2) is 4.68 Å². The predicted octanol–water partition coefficient (Wildman–Crippen LogP) is -4.65. The number of anilines is 1. The molecule has 0 saturated heterocycles. The Kier molecular flexibility index (Phi) is 54.9. The normalized spacial score (nSPS) is 17.8. The molecular weight excluding hydrogens is 1730 g/mol. The maximum absolute atomic E-state index is 14.4.